The maximum atomic E-state index is 12.1. The number of hydrogen-bond acceptors (Lipinski definition) is 5. The third-order valence-electron chi connectivity index (χ3n) is 3.94. The molecule has 27 heavy (non-hydrogen) atoms. The first-order valence-electron chi connectivity index (χ1n) is 8.43. The smallest absolute Gasteiger partial charge is 0.251 e. The van der Waals surface area contributed by atoms with Gasteiger partial charge < -0.3 is 21.1 Å². The Hall–Kier alpha value is -3.00. The van der Waals surface area contributed by atoms with E-state index >= 15 is 0 Å². The summed E-state index contributed by atoms with van der Waals surface area (Å²) in [7, 11) is 0. The molecule has 140 valence electrons. The lowest BCUT2D eigenvalue weighted by molar-refractivity contribution is -0.124. The summed E-state index contributed by atoms with van der Waals surface area (Å²) >= 11 is 1.37. The first-order chi connectivity index (χ1) is 13.0. The minimum atomic E-state index is -0.480. The van der Waals surface area contributed by atoms with E-state index in [4.69, 9.17) is 0 Å². The van der Waals surface area contributed by atoms with Crippen LogP contribution in [0.2, 0.25) is 0 Å². The third-order valence-corrected chi connectivity index (χ3v) is 5.21. The molecular weight excluding hydrogens is 366 g/mol. The highest BCUT2D eigenvalue weighted by molar-refractivity contribution is 8.01. The zero-order valence-electron chi connectivity index (χ0n) is 14.4. The number of benzene rings is 2. The zero-order valence-corrected chi connectivity index (χ0v) is 15.2. The van der Waals surface area contributed by atoms with Crippen molar-refractivity contribution in [2.45, 2.75) is 16.6 Å². The van der Waals surface area contributed by atoms with Crippen molar-refractivity contribution in [2.75, 3.05) is 18.4 Å². The highest BCUT2D eigenvalue weighted by Crippen LogP contribution is 2.36. The minimum Gasteiger partial charge on any atom is -0.508 e. The van der Waals surface area contributed by atoms with Crippen molar-refractivity contribution in [3.63, 3.8) is 0 Å². The fraction of sp³-hybridized carbons (Fsp3) is 0.211. The SMILES string of the molecule is O=C(CC1Sc2ccccc2NC1=O)NCCNC(=O)c1ccc(O)cc1. The van der Waals surface area contributed by atoms with E-state index in [2.05, 4.69) is 16.0 Å². The van der Waals surface area contributed by atoms with Crippen molar-refractivity contribution in [1.82, 2.24) is 10.6 Å². The molecule has 1 heterocycles. The van der Waals surface area contributed by atoms with Crippen molar-refractivity contribution >= 4 is 35.2 Å². The lowest BCUT2D eigenvalue weighted by Crippen LogP contribution is -2.38. The molecule has 0 bridgehead atoms. The van der Waals surface area contributed by atoms with E-state index in [1.54, 1.807) is 0 Å². The number of phenols is 1. The molecule has 0 spiro atoms. The summed E-state index contributed by atoms with van der Waals surface area (Å²) in [6.45, 7) is 0.524. The number of phenolic OH excluding ortho intramolecular Hbond substituents is 1. The van der Waals surface area contributed by atoms with Gasteiger partial charge in [0.2, 0.25) is 11.8 Å². The number of fused-ring (bicyclic) bond motifs is 1. The van der Waals surface area contributed by atoms with Crippen LogP contribution in [0, 0.1) is 0 Å². The van der Waals surface area contributed by atoms with E-state index in [9.17, 15) is 19.5 Å². The van der Waals surface area contributed by atoms with Crippen LogP contribution in [0.3, 0.4) is 0 Å². The molecule has 0 aliphatic carbocycles. The number of para-hydroxylation sites is 1. The largest absolute Gasteiger partial charge is 0.508 e. The molecule has 0 fully saturated rings. The van der Waals surface area contributed by atoms with Crippen LogP contribution >= 0.6 is 11.8 Å². The van der Waals surface area contributed by atoms with Gasteiger partial charge in [-0.1, -0.05) is 12.1 Å². The molecule has 0 saturated heterocycles. The highest BCUT2D eigenvalue weighted by Gasteiger charge is 2.28. The van der Waals surface area contributed by atoms with Crippen molar-refractivity contribution < 1.29 is 19.5 Å². The Labute approximate surface area is 160 Å². The number of carbonyl (C=O) groups is 3. The monoisotopic (exact) mass is 385 g/mol. The number of nitrogens with one attached hydrogen (secondary N) is 3. The molecule has 3 rings (SSSR count). The summed E-state index contributed by atoms with van der Waals surface area (Å²) < 4.78 is 0. The first-order valence-corrected chi connectivity index (χ1v) is 9.31. The summed E-state index contributed by atoms with van der Waals surface area (Å²) in [6, 6.07) is 13.4. The topological polar surface area (TPSA) is 108 Å². The van der Waals surface area contributed by atoms with Gasteiger partial charge in [0.1, 0.15) is 5.75 Å². The zero-order chi connectivity index (χ0) is 19.2. The molecule has 3 amide bonds. The first kappa shape index (κ1) is 18.8. The fourth-order valence-electron chi connectivity index (χ4n) is 2.56. The van der Waals surface area contributed by atoms with Crippen LogP contribution in [-0.4, -0.2) is 41.2 Å². The fourth-order valence-corrected chi connectivity index (χ4v) is 3.67. The van der Waals surface area contributed by atoms with Crippen LogP contribution < -0.4 is 16.0 Å². The Morgan fingerprint density at radius 1 is 1.04 bits per heavy atom. The molecule has 1 atom stereocenters. The van der Waals surface area contributed by atoms with E-state index in [-0.39, 0.29) is 43.0 Å². The van der Waals surface area contributed by atoms with Crippen LogP contribution in [0.4, 0.5) is 5.69 Å². The Bertz CT molecular complexity index is 854. The van der Waals surface area contributed by atoms with Gasteiger partial charge in [-0.3, -0.25) is 14.4 Å². The summed E-state index contributed by atoms with van der Waals surface area (Å²) in [5.74, 6) is -0.635. The number of rotatable bonds is 6. The van der Waals surface area contributed by atoms with Crippen molar-refractivity contribution in [1.29, 1.82) is 0 Å². The molecule has 2 aromatic rings. The Kier molecular flexibility index (Phi) is 5.97. The molecule has 0 aromatic heterocycles. The summed E-state index contributed by atoms with van der Waals surface area (Å²) in [5, 5.41) is 16.9. The van der Waals surface area contributed by atoms with Gasteiger partial charge in [0.15, 0.2) is 0 Å². The number of anilines is 1. The summed E-state index contributed by atoms with van der Waals surface area (Å²) in [6.07, 6.45) is 0.0662. The number of hydrogen-bond donors (Lipinski definition) is 4. The number of amides is 3. The lowest BCUT2D eigenvalue weighted by Gasteiger charge is -2.23. The van der Waals surface area contributed by atoms with E-state index < -0.39 is 5.25 Å². The molecule has 1 aliphatic rings. The van der Waals surface area contributed by atoms with Crippen LogP contribution in [-0.2, 0) is 9.59 Å². The highest BCUT2D eigenvalue weighted by atomic mass is 32.2. The van der Waals surface area contributed by atoms with Gasteiger partial charge in [-0.15, -0.1) is 11.8 Å². The Morgan fingerprint density at radius 2 is 1.74 bits per heavy atom. The predicted molar refractivity (Wildman–Crippen MR) is 103 cm³/mol. The predicted octanol–water partition coefficient (Wildman–Crippen LogP) is 1.74. The normalized spacial score (nSPS) is 15.4. The maximum absolute atomic E-state index is 12.1. The van der Waals surface area contributed by atoms with Gasteiger partial charge in [-0.05, 0) is 36.4 Å². The van der Waals surface area contributed by atoms with Gasteiger partial charge in [-0.25, -0.2) is 0 Å². The van der Waals surface area contributed by atoms with Gasteiger partial charge in [0.25, 0.3) is 5.91 Å². The quantitative estimate of drug-likeness (QED) is 0.567. The third kappa shape index (κ3) is 5.01. The van der Waals surface area contributed by atoms with Crippen LogP contribution in [0.25, 0.3) is 0 Å². The Balaban J connectivity index is 1.40. The maximum Gasteiger partial charge on any atom is 0.251 e. The summed E-state index contributed by atoms with van der Waals surface area (Å²) in [4.78, 5) is 37.0. The molecule has 8 heteroatoms. The van der Waals surface area contributed by atoms with Crippen LogP contribution in [0.15, 0.2) is 53.4 Å². The molecule has 1 aliphatic heterocycles. The van der Waals surface area contributed by atoms with E-state index in [1.165, 1.54) is 36.0 Å². The van der Waals surface area contributed by atoms with Crippen molar-refractivity contribution in [3.8, 4) is 5.75 Å². The molecule has 4 N–H and O–H groups in total. The lowest BCUT2D eigenvalue weighted by atomic mass is 10.2. The van der Waals surface area contributed by atoms with E-state index in [0.717, 1.165) is 10.6 Å². The second-order valence-corrected chi connectivity index (χ2v) is 7.19. The number of aromatic hydroxyl groups is 1. The number of carbonyl (C=O) groups excluding carboxylic acids is 3. The van der Waals surface area contributed by atoms with Gasteiger partial charge in [-0.2, -0.15) is 0 Å². The van der Waals surface area contributed by atoms with Gasteiger partial charge in [0.05, 0.1) is 10.9 Å². The molecule has 0 saturated carbocycles. The van der Waals surface area contributed by atoms with E-state index in [0.29, 0.717) is 5.56 Å². The minimum absolute atomic E-state index is 0.0662. The number of thioether (sulfide) groups is 1. The van der Waals surface area contributed by atoms with Gasteiger partial charge in [0, 0.05) is 30.0 Å². The van der Waals surface area contributed by atoms with Gasteiger partial charge >= 0.3 is 0 Å². The van der Waals surface area contributed by atoms with Crippen molar-refractivity contribution in [3.05, 3.63) is 54.1 Å². The Morgan fingerprint density at radius 3 is 2.52 bits per heavy atom. The average molecular weight is 385 g/mol. The molecular formula is C19H19N3O4S. The molecule has 0 radical (unpaired) electrons. The molecule has 7 nitrogen and oxygen atoms in total. The van der Waals surface area contributed by atoms with Crippen LogP contribution in [0.1, 0.15) is 16.8 Å². The molecule has 1 unspecified atom stereocenters. The molecule has 2 aromatic carbocycles. The second kappa shape index (κ2) is 8.59. The standard InChI is InChI=1S/C19H19N3O4S/c23-13-7-5-12(6-8-13)18(25)21-10-9-20-17(24)11-16-19(26)22-14-3-1-2-4-15(14)27-16/h1-8,16,23H,9-11H2,(H,20,24)(H,21,25)(H,22,26). The van der Waals surface area contributed by atoms with E-state index in [1.807, 2.05) is 24.3 Å². The average Bonchev–Trinajstić information content (AvgIpc) is 2.66. The second-order valence-electron chi connectivity index (χ2n) is 5.95. The van der Waals surface area contributed by atoms with Crippen LogP contribution in [0.5, 0.6) is 5.75 Å². The van der Waals surface area contributed by atoms with Crippen molar-refractivity contribution in [2.24, 2.45) is 0 Å². The summed E-state index contributed by atoms with van der Waals surface area (Å²) in [5.41, 5.74) is 1.19.